The van der Waals surface area contributed by atoms with Gasteiger partial charge >= 0.3 is 0 Å². The van der Waals surface area contributed by atoms with Crippen molar-refractivity contribution in [2.24, 2.45) is 0 Å². The van der Waals surface area contributed by atoms with Crippen molar-refractivity contribution in [1.29, 1.82) is 0 Å². The van der Waals surface area contributed by atoms with Crippen LogP contribution >= 0.6 is 11.6 Å². The van der Waals surface area contributed by atoms with Crippen LogP contribution in [-0.2, 0) is 4.79 Å². The molecule has 0 bridgehead atoms. The van der Waals surface area contributed by atoms with Crippen LogP contribution in [0.4, 0.5) is 11.4 Å². The fraction of sp³-hybridized carbons (Fsp3) is 0.185. The quantitative estimate of drug-likeness (QED) is 0.510. The van der Waals surface area contributed by atoms with Crippen molar-refractivity contribution in [3.63, 3.8) is 0 Å². The van der Waals surface area contributed by atoms with Crippen LogP contribution in [-0.4, -0.2) is 18.8 Å². The number of carbonyl (C=O) groups is 2. The number of fused-ring (bicyclic) bond motifs is 1. The van der Waals surface area contributed by atoms with E-state index in [1.165, 1.54) is 0 Å². The molecule has 0 fully saturated rings. The fourth-order valence-electron chi connectivity index (χ4n) is 4.59. The van der Waals surface area contributed by atoms with Crippen LogP contribution in [0.25, 0.3) is 0 Å². The minimum atomic E-state index is -0.573. The zero-order valence-corrected chi connectivity index (χ0v) is 18.9. The monoisotopic (exact) mass is 458 g/mol. The van der Waals surface area contributed by atoms with E-state index in [0.717, 1.165) is 35.5 Å². The number of allylic oxidation sites excluding steroid dienone is 1. The second-order valence-electron chi connectivity index (χ2n) is 8.17. The molecule has 6 heteroatoms. The summed E-state index contributed by atoms with van der Waals surface area (Å²) in [6.07, 6.45) is 2.00. The smallest absolute Gasteiger partial charge is 0.259 e. The van der Waals surface area contributed by atoms with Gasteiger partial charge in [-0.05, 0) is 66.9 Å². The molecule has 2 aliphatic rings. The minimum absolute atomic E-state index is 0.0593. The summed E-state index contributed by atoms with van der Waals surface area (Å²) in [7, 11) is 1.59. The summed E-state index contributed by atoms with van der Waals surface area (Å²) in [4.78, 5) is 29.1. The molecule has 0 saturated carbocycles. The summed E-state index contributed by atoms with van der Waals surface area (Å²) in [6.45, 7) is 0. The second kappa shape index (κ2) is 8.75. The summed E-state index contributed by atoms with van der Waals surface area (Å²) in [6, 6.07) is 21.5. The van der Waals surface area contributed by atoms with Gasteiger partial charge in [0.05, 0.1) is 24.5 Å². The standard InChI is InChI=1S/C27H23ClN2O3/c1-33-20-15-11-18(12-16-20)27(32)30-23-7-3-2-5-21(23)29-22-6-4-8-24(31)25(22)26(30)17-9-13-19(28)14-10-17/h2-3,5,7,9-16,26,29H,4,6,8H2,1H3/t26-/m1/s1. The predicted molar refractivity (Wildman–Crippen MR) is 130 cm³/mol. The number of amides is 1. The Hall–Kier alpha value is -3.57. The van der Waals surface area contributed by atoms with Crippen molar-refractivity contribution >= 4 is 34.7 Å². The van der Waals surface area contributed by atoms with Crippen molar-refractivity contribution in [3.8, 4) is 5.75 Å². The number of methoxy groups -OCH3 is 1. The molecule has 1 aliphatic heterocycles. The molecule has 1 amide bonds. The van der Waals surface area contributed by atoms with Gasteiger partial charge < -0.3 is 10.1 Å². The second-order valence-corrected chi connectivity index (χ2v) is 8.61. The van der Waals surface area contributed by atoms with Gasteiger partial charge in [-0.1, -0.05) is 35.9 Å². The zero-order valence-electron chi connectivity index (χ0n) is 18.2. The highest BCUT2D eigenvalue weighted by atomic mass is 35.5. The summed E-state index contributed by atoms with van der Waals surface area (Å²) < 4.78 is 5.26. The SMILES string of the molecule is COc1ccc(C(=O)N2c3ccccc3NC3=C(C(=O)CCC3)[C@H]2c2ccc(Cl)cc2)cc1. The molecule has 3 aromatic carbocycles. The number of hydrogen-bond donors (Lipinski definition) is 1. The van der Waals surface area contributed by atoms with Crippen molar-refractivity contribution < 1.29 is 14.3 Å². The van der Waals surface area contributed by atoms with Crippen molar-refractivity contribution in [3.05, 3.63) is 100 Å². The fourth-order valence-corrected chi connectivity index (χ4v) is 4.72. The van der Waals surface area contributed by atoms with E-state index in [2.05, 4.69) is 5.32 Å². The van der Waals surface area contributed by atoms with Gasteiger partial charge in [0.2, 0.25) is 0 Å². The lowest BCUT2D eigenvalue weighted by molar-refractivity contribution is -0.116. The number of carbonyl (C=O) groups excluding carboxylic acids is 2. The van der Waals surface area contributed by atoms with Crippen LogP contribution in [0.3, 0.4) is 0 Å². The van der Waals surface area contributed by atoms with E-state index in [0.29, 0.717) is 28.3 Å². The summed E-state index contributed by atoms with van der Waals surface area (Å²) in [5.74, 6) is 0.536. The van der Waals surface area contributed by atoms with E-state index in [4.69, 9.17) is 16.3 Å². The van der Waals surface area contributed by atoms with Crippen molar-refractivity contribution in [2.45, 2.75) is 25.3 Å². The Balaban J connectivity index is 1.74. The number of anilines is 2. The first-order valence-corrected chi connectivity index (χ1v) is 11.3. The molecular formula is C27H23ClN2O3. The normalized spacial score (nSPS) is 17.6. The predicted octanol–water partition coefficient (Wildman–Crippen LogP) is 6.17. The molecule has 1 N–H and O–H groups in total. The molecule has 3 aromatic rings. The number of para-hydroxylation sites is 2. The largest absolute Gasteiger partial charge is 0.497 e. The maximum atomic E-state index is 14.0. The molecule has 0 radical (unpaired) electrons. The first-order chi connectivity index (χ1) is 16.1. The van der Waals surface area contributed by atoms with E-state index in [-0.39, 0.29) is 11.7 Å². The number of nitrogens with one attached hydrogen (secondary N) is 1. The minimum Gasteiger partial charge on any atom is -0.497 e. The highest BCUT2D eigenvalue weighted by Gasteiger charge is 2.39. The molecular weight excluding hydrogens is 436 g/mol. The van der Waals surface area contributed by atoms with Gasteiger partial charge in [-0.3, -0.25) is 14.5 Å². The number of Topliss-reactive ketones (excluding diaryl/α,β-unsaturated/α-hetero) is 1. The van der Waals surface area contributed by atoms with E-state index in [1.54, 1.807) is 48.4 Å². The number of hydrogen-bond acceptors (Lipinski definition) is 4. The maximum Gasteiger partial charge on any atom is 0.259 e. The molecule has 5 nitrogen and oxygen atoms in total. The lowest BCUT2D eigenvalue weighted by atomic mass is 9.85. The maximum absolute atomic E-state index is 14.0. The van der Waals surface area contributed by atoms with E-state index >= 15 is 0 Å². The summed E-state index contributed by atoms with van der Waals surface area (Å²) in [5, 5.41) is 4.08. The molecule has 0 unspecified atom stereocenters. The van der Waals surface area contributed by atoms with Gasteiger partial charge in [0.1, 0.15) is 5.75 Å². The Morgan fingerprint density at radius 3 is 2.45 bits per heavy atom. The third-order valence-electron chi connectivity index (χ3n) is 6.18. The highest BCUT2D eigenvalue weighted by molar-refractivity contribution is 6.30. The van der Waals surface area contributed by atoms with Crippen LogP contribution in [0.5, 0.6) is 5.75 Å². The van der Waals surface area contributed by atoms with E-state index in [9.17, 15) is 9.59 Å². The molecule has 1 heterocycles. The van der Waals surface area contributed by atoms with Crippen molar-refractivity contribution in [2.75, 3.05) is 17.3 Å². The van der Waals surface area contributed by atoms with E-state index < -0.39 is 6.04 Å². The third kappa shape index (κ3) is 3.89. The van der Waals surface area contributed by atoms with Crippen molar-refractivity contribution in [1.82, 2.24) is 0 Å². The number of ketones is 1. The lowest BCUT2D eigenvalue weighted by Crippen LogP contribution is -2.38. The first kappa shape index (κ1) is 21.3. The lowest BCUT2D eigenvalue weighted by Gasteiger charge is -2.34. The molecule has 33 heavy (non-hydrogen) atoms. The topological polar surface area (TPSA) is 58.6 Å². The average molecular weight is 459 g/mol. The van der Waals surface area contributed by atoms with Crippen LogP contribution in [0.1, 0.15) is 41.2 Å². The highest BCUT2D eigenvalue weighted by Crippen LogP contribution is 2.45. The number of ether oxygens (including phenoxy) is 1. The molecule has 1 atom stereocenters. The number of nitrogens with zero attached hydrogens (tertiary/aromatic N) is 1. The van der Waals surface area contributed by atoms with Gasteiger partial charge in [0, 0.05) is 28.3 Å². The molecule has 5 rings (SSSR count). The van der Waals surface area contributed by atoms with Gasteiger partial charge in [0.25, 0.3) is 5.91 Å². The third-order valence-corrected chi connectivity index (χ3v) is 6.43. The number of benzene rings is 3. The van der Waals surface area contributed by atoms with Gasteiger partial charge in [-0.2, -0.15) is 0 Å². The van der Waals surface area contributed by atoms with Gasteiger partial charge in [-0.25, -0.2) is 0 Å². The van der Waals surface area contributed by atoms with Crippen LogP contribution < -0.4 is 15.0 Å². The van der Waals surface area contributed by atoms with E-state index in [1.807, 2.05) is 36.4 Å². The molecule has 1 aliphatic carbocycles. The molecule has 166 valence electrons. The molecule has 0 saturated heterocycles. The van der Waals surface area contributed by atoms with Crippen LogP contribution in [0.15, 0.2) is 84.1 Å². The van der Waals surface area contributed by atoms with Gasteiger partial charge in [0.15, 0.2) is 5.78 Å². The Kier molecular flexibility index (Phi) is 5.65. The Labute approximate surface area is 197 Å². The number of rotatable bonds is 3. The summed E-state index contributed by atoms with van der Waals surface area (Å²) >= 11 is 6.17. The molecule has 0 spiro atoms. The Morgan fingerprint density at radius 1 is 1.00 bits per heavy atom. The summed E-state index contributed by atoms with van der Waals surface area (Å²) in [5.41, 5.74) is 4.39. The Bertz CT molecular complexity index is 1250. The van der Waals surface area contributed by atoms with Crippen LogP contribution in [0.2, 0.25) is 5.02 Å². The number of halogens is 1. The first-order valence-electron chi connectivity index (χ1n) is 10.9. The molecule has 0 aromatic heterocycles. The Morgan fingerprint density at radius 2 is 1.73 bits per heavy atom. The zero-order chi connectivity index (χ0) is 22.9. The average Bonchev–Trinajstić information content (AvgIpc) is 2.99. The van der Waals surface area contributed by atoms with Crippen LogP contribution in [0, 0.1) is 0 Å². The van der Waals surface area contributed by atoms with Gasteiger partial charge in [-0.15, -0.1) is 0 Å².